The summed E-state index contributed by atoms with van der Waals surface area (Å²) in [6, 6.07) is 15.4. The van der Waals surface area contributed by atoms with Crippen LogP contribution in [0.15, 0.2) is 48.5 Å². The van der Waals surface area contributed by atoms with E-state index >= 15 is 0 Å². The van der Waals surface area contributed by atoms with Gasteiger partial charge in [0.1, 0.15) is 0 Å². The van der Waals surface area contributed by atoms with Gasteiger partial charge in [0.2, 0.25) is 5.91 Å². The number of nitrogens with one attached hydrogen (secondary N) is 2. The molecule has 0 aliphatic rings. The van der Waals surface area contributed by atoms with Gasteiger partial charge in [0, 0.05) is 29.6 Å². The summed E-state index contributed by atoms with van der Waals surface area (Å²) in [6.07, 6.45) is 0.297. The quantitative estimate of drug-likeness (QED) is 0.672. The summed E-state index contributed by atoms with van der Waals surface area (Å²) in [5.41, 5.74) is 4.65. The second kappa shape index (κ2) is 8.80. The van der Waals surface area contributed by atoms with E-state index in [1.54, 1.807) is 30.5 Å². The van der Waals surface area contributed by atoms with E-state index in [0.29, 0.717) is 18.5 Å². The zero-order chi connectivity index (χ0) is 20.1. The molecule has 28 heavy (non-hydrogen) atoms. The Morgan fingerprint density at radius 1 is 1.00 bits per heavy atom. The van der Waals surface area contributed by atoms with Crippen molar-refractivity contribution in [3.8, 4) is 11.3 Å². The Kier molecular flexibility index (Phi) is 6.21. The molecule has 0 saturated carbocycles. The number of hydrogen-bond donors (Lipinski definition) is 2. The molecule has 0 radical (unpaired) electrons. The third kappa shape index (κ3) is 4.84. The van der Waals surface area contributed by atoms with Crippen LogP contribution in [0, 0.1) is 13.8 Å². The monoisotopic (exact) mass is 393 g/mol. The van der Waals surface area contributed by atoms with Crippen molar-refractivity contribution in [2.75, 3.05) is 7.05 Å². The fraction of sp³-hybridized carbons (Fsp3) is 0.227. The molecule has 3 aromatic rings. The Balaban J connectivity index is 1.64. The number of carbonyl (C=O) groups is 2. The maximum Gasteiger partial charge on any atom is 0.251 e. The molecule has 5 nitrogen and oxygen atoms in total. The zero-order valence-corrected chi connectivity index (χ0v) is 17.0. The van der Waals surface area contributed by atoms with Gasteiger partial charge in [-0.25, -0.2) is 4.98 Å². The molecule has 6 heteroatoms. The van der Waals surface area contributed by atoms with Crippen LogP contribution in [0.4, 0.5) is 0 Å². The van der Waals surface area contributed by atoms with Gasteiger partial charge in [-0.15, -0.1) is 11.3 Å². The second-order valence-electron chi connectivity index (χ2n) is 6.60. The fourth-order valence-electron chi connectivity index (χ4n) is 2.85. The lowest BCUT2D eigenvalue weighted by molar-refractivity contribution is -0.120. The summed E-state index contributed by atoms with van der Waals surface area (Å²) in [6.45, 7) is 4.42. The molecule has 2 N–H and O–H groups in total. The van der Waals surface area contributed by atoms with Crippen molar-refractivity contribution in [1.29, 1.82) is 0 Å². The van der Waals surface area contributed by atoms with Crippen LogP contribution in [0.1, 0.15) is 31.4 Å². The maximum atomic E-state index is 12.5. The van der Waals surface area contributed by atoms with E-state index in [4.69, 9.17) is 0 Å². The van der Waals surface area contributed by atoms with E-state index in [2.05, 4.69) is 27.8 Å². The van der Waals surface area contributed by atoms with Gasteiger partial charge in [-0.05, 0) is 31.5 Å². The number of amides is 2. The highest BCUT2D eigenvalue weighted by atomic mass is 32.1. The van der Waals surface area contributed by atoms with Crippen LogP contribution in [0.25, 0.3) is 11.3 Å². The van der Waals surface area contributed by atoms with Crippen molar-refractivity contribution in [2.24, 2.45) is 0 Å². The number of nitrogens with zero attached hydrogens (tertiary/aromatic N) is 1. The summed E-state index contributed by atoms with van der Waals surface area (Å²) >= 11 is 1.55. The predicted molar refractivity (Wildman–Crippen MR) is 112 cm³/mol. The van der Waals surface area contributed by atoms with E-state index < -0.39 is 0 Å². The fourth-order valence-corrected chi connectivity index (χ4v) is 3.81. The van der Waals surface area contributed by atoms with E-state index in [0.717, 1.165) is 26.7 Å². The van der Waals surface area contributed by atoms with Gasteiger partial charge < -0.3 is 10.6 Å². The first kappa shape index (κ1) is 19.8. The molecule has 144 valence electrons. The van der Waals surface area contributed by atoms with Crippen LogP contribution < -0.4 is 10.6 Å². The van der Waals surface area contributed by atoms with E-state index in [1.165, 1.54) is 5.56 Å². The molecule has 0 spiro atoms. The van der Waals surface area contributed by atoms with Crippen LogP contribution in [0.5, 0.6) is 0 Å². The molecule has 2 aromatic carbocycles. The van der Waals surface area contributed by atoms with E-state index in [1.807, 2.05) is 38.1 Å². The summed E-state index contributed by atoms with van der Waals surface area (Å²) in [5.74, 6) is -0.174. The largest absolute Gasteiger partial charge is 0.355 e. The number of aryl methyl sites for hydroxylation is 2. The highest BCUT2D eigenvalue weighted by Crippen LogP contribution is 2.28. The first-order chi connectivity index (χ1) is 13.5. The molecule has 0 fully saturated rings. The van der Waals surface area contributed by atoms with E-state index in [-0.39, 0.29) is 11.8 Å². The molecule has 0 aliphatic heterocycles. The number of benzene rings is 2. The minimum atomic E-state index is -0.125. The maximum absolute atomic E-state index is 12.5. The van der Waals surface area contributed by atoms with Crippen molar-refractivity contribution in [2.45, 2.75) is 26.8 Å². The van der Waals surface area contributed by atoms with Gasteiger partial charge in [-0.1, -0.05) is 42.0 Å². The van der Waals surface area contributed by atoms with Crippen molar-refractivity contribution >= 4 is 23.2 Å². The topological polar surface area (TPSA) is 71.1 Å². The van der Waals surface area contributed by atoms with E-state index in [9.17, 15) is 9.59 Å². The molecule has 1 aromatic heterocycles. The molecule has 0 atom stereocenters. The Hall–Kier alpha value is -2.99. The molecular formula is C22H23N3O2S. The molecule has 2 amide bonds. The Morgan fingerprint density at radius 2 is 1.68 bits per heavy atom. The number of thiazole rings is 1. The summed E-state index contributed by atoms with van der Waals surface area (Å²) < 4.78 is 0. The summed E-state index contributed by atoms with van der Waals surface area (Å²) in [4.78, 5) is 29.6. The summed E-state index contributed by atoms with van der Waals surface area (Å²) in [7, 11) is 1.60. The highest BCUT2D eigenvalue weighted by Gasteiger charge is 2.15. The minimum Gasteiger partial charge on any atom is -0.355 e. The number of carbonyl (C=O) groups excluding carboxylic acids is 2. The molecular weight excluding hydrogens is 370 g/mol. The lowest BCUT2D eigenvalue weighted by atomic mass is 10.1. The SMILES string of the molecule is CNC(=O)c1ccc(CNC(=O)Cc2sc(C)nc2-c2ccc(C)cc2)cc1. The van der Waals surface area contributed by atoms with Gasteiger partial charge in [-0.3, -0.25) is 9.59 Å². The van der Waals surface area contributed by atoms with Crippen molar-refractivity contribution in [1.82, 2.24) is 15.6 Å². The number of hydrogen-bond acceptors (Lipinski definition) is 4. The van der Waals surface area contributed by atoms with Crippen LogP contribution in [-0.2, 0) is 17.8 Å². The molecule has 0 bridgehead atoms. The van der Waals surface area contributed by atoms with Gasteiger partial charge in [0.15, 0.2) is 0 Å². The number of rotatable bonds is 6. The molecule has 0 aliphatic carbocycles. The Bertz CT molecular complexity index is 976. The third-order valence-electron chi connectivity index (χ3n) is 4.38. The van der Waals surface area contributed by atoms with Crippen LogP contribution >= 0.6 is 11.3 Å². The zero-order valence-electron chi connectivity index (χ0n) is 16.2. The lowest BCUT2D eigenvalue weighted by Gasteiger charge is -2.07. The standard InChI is InChI=1S/C22H23N3O2S/c1-14-4-8-17(9-5-14)21-19(28-15(2)25-21)12-20(26)24-13-16-6-10-18(11-7-16)22(27)23-3/h4-11H,12-13H2,1-3H3,(H,23,27)(H,24,26). The first-order valence-corrected chi connectivity index (χ1v) is 9.89. The Morgan fingerprint density at radius 3 is 2.32 bits per heavy atom. The predicted octanol–water partition coefficient (Wildman–Crippen LogP) is 3.65. The van der Waals surface area contributed by atoms with Crippen LogP contribution in [0.3, 0.4) is 0 Å². The van der Waals surface area contributed by atoms with Gasteiger partial charge in [0.25, 0.3) is 5.91 Å². The van der Waals surface area contributed by atoms with Gasteiger partial charge >= 0.3 is 0 Å². The smallest absolute Gasteiger partial charge is 0.251 e. The van der Waals surface area contributed by atoms with Crippen LogP contribution in [0.2, 0.25) is 0 Å². The number of aromatic nitrogens is 1. The van der Waals surface area contributed by atoms with Crippen molar-refractivity contribution < 1.29 is 9.59 Å². The second-order valence-corrected chi connectivity index (χ2v) is 7.89. The molecule has 0 saturated heterocycles. The lowest BCUT2D eigenvalue weighted by Crippen LogP contribution is -2.24. The average Bonchev–Trinajstić information content (AvgIpc) is 3.06. The average molecular weight is 394 g/mol. The van der Waals surface area contributed by atoms with Crippen molar-refractivity contribution in [3.63, 3.8) is 0 Å². The highest BCUT2D eigenvalue weighted by molar-refractivity contribution is 7.12. The van der Waals surface area contributed by atoms with Gasteiger partial charge in [0.05, 0.1) is 17.1 Å². The van der Waals surface area contributed by atoms with Gasteiger partial charge in [-0.2, -0.15) is 0 Å². The third-order valence-corrected chi connectivity index (χ3v) is 5.35. The molecule has 3 rings (SSSR count). The van der Waals surface area contributed by atoms with Crippen LogP contribution in [-0.4, -0.2) is 23.8 Å². The molecule has 1 heterocycles. The first-order valence-electron chi connectivity index (χ1n) is 9.07. The minimum absolute atomic E-state index is 0.0487. The normalized spacial score (nSPS) is 10.5. The summed E-state index contributed by atoms with van der Waals surface area (Å²) in [5, 5.41) is 6.48. The molecule has 0 unspecified atom stereocenters. The van der Waals surface area contributed by atoms with Crippen molar-refractivity contribution in [3.05, 3.63) is 75.1 Å². The Labute approximate surface area is 168 Å².